The maximum Gasteiger partial charge on any atom is 0.422 e. The molecule has 2 heterocycles. The topological polar surface area (TPSA) is 67.0 Å². The minimum atomic E-state index is -4.88. The second-order valence-electron chi connectivity index (χ2n) is 6.02. The third-order valence-corrected chi connectivity index (χ3v) is 3.83. The number of hydrogen-bond acceptors (Lipinski definition) is 4. The van der Waals surface area contributed by atoms with Gasteiger partial charge in [0.2, 0.25) is 5.56 Å². The van der Waals surface area contributed by atoms with Gasteiger partial charge in [-0.3, -0.25) is 9.78 Å². The maximum atomic E-state index is 13.3. The molecular formula is C18H13F6N3O2. The Balaban J connectivity index is 2.07. The van der Waals surface area contributed by atoms with E-state index in [0.717, 1.165) is 12.1 Å². The summed E-state index contributed by atoms with van der Waals surface area (Å²) in [5.74, 6) is -0.441. The van der Waals surface area contributed by atoms with Gasteiger partial charge in [0.1, 0.15) is 5.75 Å². The molecule has 0 saturated heterocycles. The molecule has 3 aromatic rings. The number of alkyl halides is 6. The van der Waals surface area contributed by atoms with Crippen LogP contribution < -0.4 is 15.6 Å². The summed E-state index contributed by atoms with van der Waals surface area (Å²) in [6, 6.07) is 7.27. The van der Waals surface area contributed by atoms with Gasteiger partial charge >= 0.3 is 12.4 Å². The van der Waals surface area contributed by atoms with Gasteiger partial charge < -0.3 is 15.0 Å². The van der Waals surface area contributed by atoms with Gasteiger partial charge in [-0.1, -0.05) is 6.07 Å². The number of pyridine rings is 2. The average Bonchev–Trinajstić information content (AvgIpc) is 2.63. The van der Waals surface area contributed by atoms with Crippen molar-refractivity contribution in [2.75, 3.05) is 11.9 Å². The summed E-state index contributed by atoms with van der Waals surface area (Å²) >= 11 is 0. The van der Waals surface area contributed by atoms with Gasteiger partial charge in [-0.2, -0.15) is 26.3 Å². The number of ether oxygens (including phenoxy) is 1. The van der Waals surface area contributed by atoms with E-state index >= 15 is 0 Å². The Bertz CT molecular complexity index is 1060. The number of benzene rings is 1. The van der Waals surface area contributed by atoms with Crippen LogP contribution in [0.1, 0.15) is 11.3 Å². The van der Waals surface area contributed by atoms with E-state index in [9.17, 15) is 31.1 Å². The monoisotopic (exact) mass is 417 g/mol. The lowest BCUT2D eigenvalue weighted by Gasteiger charge is -2.17. The van der Waals surface area contributed by atoms with Crippen molar-refractivity contribution >= 4 is 16.6 Å². The SMILES string of the molecule is O=c1cc(C(F)(F)F)c2cc(OCC(F)(F)F)c(NCc3ccccn3)cc2[nH]1. The zero-order valence-electron chi connectivity index (χ0n) is 14.5. The lowest BCUT2D eigenvalue weighted by atomic mass is 10.1. The number of fused-ring (bicyclic) bond motifs is 1. The molecule has 3 rings (SSSR count). The Morgan fingerprint density at radius 2 is 1.83 bits per heavy atom. The largest absolute Gasteiger partial charge is 0.482 e. The predicted molar refractivity (Wildman–Crippen MR) is 92.7 cm³/mol. The highest BCUT2D eigenvalue weighted by Crippen LogP contribution is 2.38. The highest BCUT2D eigenvalue weighted by Gasteiger charge is 2.34. The van der Waals surface area contributed by atoms with Gasteiger partial charge in [0.25, 0.3) is 0 Å². The third-order valence-electron chi connectivity index (χ3n) is 3.83. The molecule has 0 aliphatic carbocycles. The van der Waals surface area contributed by atoms with Crippen molar-refractivity contribution < 1.29 is 31.1 Å². The second kappa shape index (κ2) is 7.64. The van der Waals surface area contributed by atoms with Gasteiger partial charge in [-0.15, -0.1) is 0 Å². The molecule has 0 saturated carbocycles. The zero-order valence-corrected chi connectivity index (χ0v) is 14.5. The van der Waals surface area contributed by atoms with E-state index < -0.39 is 41.2 Å². The van der Waals surface area contributed by atoms with E-state index in [4.69, 9.17) is 4.74 Å². The molecule has 2 N–H and O–H groups in total. The molecule has 0 aliphatic rings. The van der Waals surface area contributed by atoms with Crippen molar-refractivity contribution in [3.8, 4) is 5.75 Å². The Morgan fingerprint density at radius 3 is 2.45 bits per heavy atom. The van der Waals surface area contributed by atoms with Crippen molar-refractivity contribution in [1.29, 1.82) is 0 Å². The molecule has 29 heavy (non-hydrogen) atoms. The molecular weight excluding hydrogens is 404 g/mol. The summed E-state index contributed by atoms with van der Waals surface area (Å²) in [5.41, 5.74) is -1.96. The first-order valence-corrected chi connectivity index (χ1v) is 8.14. The van der Waals surface area contributed by atoms with E-state index in [-0.39, 0.29) is 17.7 Å². The van der Waals surface area contributed by atoms with Crippen molar-refractivity contribution in [3.05, 3.63) is 64.2 Å². The molecule has 0 unspecified atom stereocenters. The minimum Gasteiger partial charge on any atom is -0.482 e. The number of aromatic amines is 1. The summed E-state index contributed by atoms with van der Waals surface area (Å²) in [6.45, 7) is -1.63. The number of hydrogen-bond donors (Lipinski definition) is 2. The smallest absolute Gasteiger partial charge is 0.422 e. The van der Waals surface area contributed by atoms with Gasteiger partial charge in [0.15, 0.2) is 6.61 Å². The standard InChI is InChI=1S/C18H13F6N3O2/c19-17(20,21)9-29-15-5-11-12(18(22,23)24)6-16(28)27-13(11)7-14(15)26-8-10-3-1-2-4-25-10/h1-7,26H,8-9H2,(H,27,28). The first-order chi connectivity index (χ1) is 13.5. The number of nitrogens with one attached hydrogen (secondary N) is 2. The number of rotatable bonds is 5. The molecule has 0 bridgehead atoms. The van der Waals surface area contributed by atoms with Crippen LogP contribution in [0.4, 0.5) is 32.0 Å². The number of aromatic nitrogens is 2. The average molecular weight is 417 g/mol. The van der Waals surface area contributed by atoms with E-state index in [1.807, 2.05) is 0 Å². The quantitative estimate of drug-likeness (QED) is 0.601. The fourth-order valence-electron chi connectivity index (χ4n) is 2.62. The van der Waals surface area contributed by atoms with Crippen LogP contribution in [0, 0.1) is 0 Å². The summed E-state index contributed by atoms with van der Waals surface area (Å²) in [6.07, 6.45) is -8.06. The molecule has 0 amide bonds. The number of nitrogens with zero attached hydrogens (tertiary/aromatic N) is 1. The van der Waals surface area contributed by atoms with E-state index in [1.165, 1.54) is 6.20 Å². The zero-order chi connectivity index (χ0) is 21.2. The van der Waals surface area contributed by atoms with Crippen LogP contribution in [0.5, 0.6) is 5.75 Å². The molecule has 0 fully saturated rings. The first-order valence-electron chi connectivity index (χ1n) is 8.14. The van der Waals surface area contributed by atoms with Crippen molar-refractivity contribution in [1.82, 2.24) is 9.97 Å². The summed E-state index contributed by atoms with van der Waals surface area (Å²) in [7, 11) is 0. The molecule has 0 atom stereocenters. The number of anilines is 1. The normalized spacial score (nSPS) is 12.2. The Morgan fingerprint density at radius 1 is 1.07 bits per heavy atom. The van der Waals surface area contributed by atoms with Crippen LogP contribution in [-0.4, -0.2) is 22.8 Å². The summed E-state index contributed by atoms with van der Waals surface area (Å²) in [5, 5.41) is 2.29. The van der Waals surface area contributed by atoms with E-state index in [2.05, 4.69) is 15.3 Å². The van der Waals surface area contributed by atoms with Crippen LogP contribution in [0.25, 0.3) is 10.9 Å². The first kappa shape index (κ1) is 20.5. The van der Waals surface area contributed by atoms with E-state index in [1.54, 1.807) is 18.2 Å². The van der Waals surface area contributed by atoms with Gasteiger partial charge in [0.05, 0.1) is 29.0 Å². The number of H-pyrrole nitrogens is 1. The molecule has 1 aromatic carbocycles. The highest BCUT2D eigenvalue weighted by atomic mass is 19.4. The third kappa shape index (κ3) is 5.18. The minimum absolute atomic E-state index is 0.0256. The Kier molecular flexibility index (Phi) is 5.40. The Hall–Kier alpha value is -3.24. The fourth-order valence-corrected chi connectivity index (χ4v) is 2.62. The highest BCUT2D eigenvalue weighted by molar-refractivity contribution is 5.88. The van der Waals surface area contributed by atoms with Crippen LogP contribution in [0.15, 0.2) is 47.4 Å². The van der Waals surface area contributed by atoms with Crippen LogP contribution in [-0.2, 0) is 12.7 Å². The molecule has 154 valence electrons. The molecule has 5 nitrogen and oxygen atoms in total. The fraction of sp³-hybridized carbons (Fsp3) is 0.222. The molecule has 11 heteroatoms. The Labute approximate surface area is 159 Å². The van der Waals surface area contributed by atoms with Crippen LogP contribution in [0.2, 0.25) is 0 Å². The van der Waals surface area contributed by atoms with Gasteiger partial charge in [0, 0.05) is 17.6 Å². The van der Waals surface area contributed by atoms with Gasteiger partial charge in [-0.25, -0.2) is 0 Å². The van der Waals surface area contributed by atoms with Crippen LogP contribution >= 0.6 is 0 Å². The van der Waals surface area contributed by atoms with E-state index in [0.29, 0.717) is 11.8 Å². The van der Waals surface area contributed by atoms with Crippen molar-refractivity contribution in [2.45, 2.75) is 18.9 Å². The molecule has 0 spiro atoms. The lowest BCUT2D eigenvalue weighted by Crippen LogP contribution is -2.20. The molecule has 0 radical (unpaired) electrons. The lowest BCUT2D eigenvalue weighted by molar-refractivity contribution is -0.153. The molecule has 2 aromatic heterocycles. The van der Waals surface area contributed by atoms with Gasteiger partial charge in [-0.05, 0) is 24.3 Å². The second-order valence-corrected chi connectivity index (χ2v) is 6.02. The van der Waals surface area contributed by atoms with Crippen molar-refractivity contribution in [3.63, 3.8) is 0 Å². The predicted octanol–water partition coefficient (Wildman–Crippen LogP) is 4.50. The summed E-state index contributed by atoms with van der Waals surface area (Å²) in [4.78, 5) is 17.9. The van der Waals surface area contributed by atoms with Crippen LogP contribution in [0.3, 0.4) is 0 Å². The number of halogens is 6. The maximum absolute atomic E-state index is 13.3. The molecule has 0 aliphatic heterocycles. The summed E-state index contributed by atoms with van der Waals surface area (Å²) < 4.78 is 82.3. The van der Waals surface area contributed by atoms with Crippen molar-refractivity contribution in [2.24, 2.45) is 0 Å².